The first-order chi connectivity index (χ1) is 13.8. The molecule has 4 rings (SSSR count). The van der Waals surface area contributed by atoms with Crippen LogP contribution in [0.3, 0.4) is 0 Å². The molecule has 2 aliphatic rings. The number of carbonyl (C=O) groups excluding carboxylic acids is 2. The molecule has 1 unspecified atom stereocenters. The number of β-lactam (4-membered cyclic amide) rings is 1. The van der Waals surface area contributed by atoms with Crippen molar-refractivity contribution in [2.45, 2.75) is 35.6 Å². The lowest BCUT2D eigenvalue weighted by atomic mass is 9.96. The lowest BCUT2D eigenvalue weighted by molar-refractivity contribution is -0.164. The number of aliphatic hydroxyl groups is 1. The quantitative estimate of drug-likeness (QED) is 0.586. The lowest BCUT2D eigenvalue weighted by Crippen LogP contribution is -2.58. The van der Waals surface area contributed by atoms with Gasteiger partial charge in [-0.25, -0.2) is 13.2 Å². The molecule has 2 fully saturated rings. The monoisotopic (exact) mass is 415 g/mol. The van der Waals surface area contributed by atoms with Gasteiger partial charge in [-0.15, -0.1) is 0 Å². The van der Waals surface area contributed by atoms with E-state index in [9.17, 15) is 23.1 Å². The smallest absolute Gasteiger partial charge is 0.331 e. The molecule has 8 heteroatoms. The predicted octanol–water partition coefficient (Wildman–Crippen LogP) is 1.43. The number of carbonyl (C=O) groups is 2. The van der Waals surface area contributed by atoms with Crippen molar-refractivity contribution in [3.63, 3.8) is 0 Å². The Morgan fingerprint density at radius 1 is 1.14 bits per heavy atom. The summed E-state index contributed by atoms with van der Waals surface area (Å²) in [5.41, 5.74) is 1.43. The average molecular weight is 415 g/mol. The molecular formula is C21H21NO6S. The van der Waals surface area contributed by atoms with Crippen LogP contribution >= 0.6 is 0 Å². The second-order valence-corrected chi connectivity index (χ2v) is 10.1. The van der Waals surface area contributed by atoms with Gasteiger partial charge >= 0.3 is 5.97 Å². The van der Waals surface area contributed by atoms with Crippen LogP contribution in [0.5, 0.6) is 0 Å². The molecule has 7 nitrogen and oxygen atoms in total. The van der Waals surface area contributed by atoms with Crippen LogP contribution in [0.1, 0.15) is 30.6 Å². The molecule has 2 saturated heterocycles. The first-order valence-electron chi connectivity index (χ1n) is 9.27. The van der Waals surface area contributed by atoms with Crippen LogP contribution in [0.15, 0.2) is 60.7 Å². The van der Waals surface area contributed by atoms with Crippen molar-refractivity contribution in [3.05, 3.63) is 71.8 Å². The highest BCUT2D eigenvalue weighted by Gasteiger charge is 2.70. The molecule has 0 spiro atoms. The summed E-state index contributed by atoms with van der Waals surface area (Å²) in [6.45, 7) is 0.511. The predicted molar refractivity (Wildman–Crippen MR) is 104 cm³/mol. The van der Waals surface area contributed by atoms with Gasteiger partial charge in [0.1, 0.15) is 10.1 Å². The van der Waals surface area contributed by atoms with E-state index in [1.54, 1.807) is 24.3 Å². The topological polar surface area (TPSA) is 101 Å². The number of hydrogen-bond donors (Lipinski definition) is 1. The molecule has 0 bridgehead atoms. The molecular weight excluding hydrogens is 394 g/mol. The Labute approximate surface area is 168 Å². The second kappa shape index (κ2) is 6.96. The number of fused-ring (bicyclic) bond motifs is 1. The van der Waals surface area contributed by atoms with Crippen molar-refractivity contribution in [3.8, 4) is 0 Å². The first-order valence-corrected chi connectivity index (χ1v) is 10.8. The summed E-state index contributed by atoms with van der Waals surface area (Å²) < 4.78 is 29.6. The number of hydrogen-bond acceptors (Lipinski definition) is 6. The maximum Gasteiger partial charge on any atom is 0.331 e. The van der Waals surface area contributed by atoms with Crippen LogP contribution in [0, 0.1) is 0 Å². The van der Waals surface area contributed by atoms with Gasteiger partial charge in [0.05, 0.1) is 13.0 Å². The zero-order chi connectivity index (χ0) is 20.8. The fourth-order valence-corrected chi connectivity index (χ4v) is 6.26. The van der Waals surface area contributed by atoms with Crippen LogP contribution in [0.25, 0.3) is 0 Å². The normalized spacial score (nSPS) is 27.4. The fraction of sp³-hybridized carbons (Fsp3) is 0.333. The van der Waals surface area contributed by atoms with Gasteiger partial charge in [0, 0.05) is 0 Å². The summed E-state index contributed by atoms with van der Waals surface area (Å²) in [6.07, 6.45) is -0.950. The van der Waals surface area contributed by atoms with Crippen molar-refractivity contribution < 1.29 is 27.9 Å². The summed E-state index contributed by atoms with van der Waals surface area (Å²) in [6, 6.07) is 16.7. The molecule has 0 saturated carbocycles. The molecule has 29 heavy (non-hydrogen) atoms. The van der Waals surface area contributed by atoms with E-state index in [1.165, 1.54) is 6.92 Å². The van der Waals surface area contributed by atoms with Crippen LogP contribution in [-0.4, -0.2) is 53.1 Å². The van der Waals surface area contributed by atoms with E-state index in [0.29, 0.717) is 11.1 Å². The summed E-state index contributed by atoms with van der Waals surface area (Å²) in [5.74, 6) is -1.29. The van der Waals surface area contributed by atoms with Crippen molar-refractivity contribution in [2.24, 2.45) is 0 Å². The zero-order valence-electron chi connectivity index (χ0n) is 15.8. The molecule has 0 aromatic heterocycles. The van der Waals surface area contributed by atoms with Crippen LogP contribution < -0.4 is 0 Å². The molecule has 1 N–H and O–H groups in total. The van der Waals surface area contributed by atoms with E-state index in [-0.39, 0.29) is 6.42 Å². The van der Waals surface area contributed by atoms with E-state index >= 15 is 0 Å². The highest BCUT2D eigenvalue weighted by atomic mass is 32.2. The Kier molecular flexibility index (Phi) is 4.71. The minimum atomic E-state index is -3.92. The lowest BCUT2D eigenvalue weighted by Gasteiger charge is -2.37. The van der Waals surface area contributed by atoms with Gasteiger partial charge in [-0.05, 0) is 18.1 Å². The Balaban J connectivity index is 1.72. The van der Waals surface area contributed by atoms with Crippen molar-refractivity contribution in [2.75, 3.05) is 6.61 Å². The van der Waals surface area contributed by atoms with Crippen LogP contribution in [0.4, 0.5) is 0 Å². The largest absolute Gasteiger partial charge is 0.451 e. The summed E-state index contributed by atoms with van der Waals surface area (Å²) in [7, 11) is -3.92. The standard InChI is InChI=1S/C21H21NO6S/c1-21(13-23)19(22-16(24)12-17(22)29(21,26)27)20(25)28-18(14-8-4-2-5-9-14)15-10-6-3-7-11-15/h2-11,17-19,23H,12-13H2,1H3/t17?,19-,21-/m0/s1. The first kappa shape index (κ1) is 19.6. The molecule has 3 atom stereocenters. The number of benzene rings is 2. The van der Waals surface area contributed by atoms with Gasteiger partial charge in [0.2, 0.25) is 5.91 Å². The zero-order valence-corrected chi connectivity index (χ0v) is 16.6. The molecule has 2 aromatic carbocycles. The van der Waals surface area contributed by atoms with Crippen LogP contribution in [0.2, 0.25) is 0 Å². The summed E-state index contributed by atoms with van der Waals surface area (Å²) in [4.78, 5) is 26.4. The van der Waals surface area contributed by atoms with Crippen LogP contribution in [-0.2, 0) is 24.2 Å². The average Bonchev–Trinajstić information content (AvgIpc) is 2.88. The molecule has 2 aromatic rings. The van der Waals surface area contributed by atoms with Crippen molar-refractivity contribution in [1.29, 1.82) is 0 Å². The molecule has 0 radical (unpaired) electrons. The highest BCUT2D eigenvalue weighted by molar-refractivity contribution is 7.94. The maximum atomic E-state index is 13.2. The number of esters is 1. The van der Waals surface area contributed by atoms with Crippen molar-refractivity contribution in [1.82, 2.24) is 4.90 Å². The Morgan fingerprint density at radius 2 is 1.66 bits per heavy atom. The molecule has 2 heterocycles. The molecule has 0 aliphatic carbocycles. The van der Waals surface area contributed by atoms with E-state index < -0.39 is 50.6 Å². The second-order valence-electron chi connectivity index (χ2n) is 7.52. The Hall–Kier alpha value is -2.71. The SMILES string of the molecule is C[C@]1(CO)[C@H](C(=O)OC(c2ccccc2)c2ccccc2)N2C(=O)CC2S1(=O)=O. The van der Waals surface area contributed by atoms with Gasteiger partial charge in [-0.3, -0.25) is 4.79 Å². The molecule has 1 amide bonds. The van der Waals surface area contributed by atoms with E-state index in [0.717, 1.165) is 4.90 Å². The third-order valence-electron chi connectivity index (χ3n) is 5.79. The number of nitrogens with zero attached hydrogens (tertiary/aromatic N) is 1. The van der Waals surface area contributed by atoms with Gasteiger partial charge < -0.3 is 14.7 Å². The number of ether oxygens (including phenoxy) is 1. The number of amides is 1. The fourth-order valence-electron chi connectivity index (χ4n) is 4.04. The minimum Gasteiger partial charge on any atom is -0.451 e. The molecule has 152 valence electrons. The summed E-state index contributed by atoms with van der Waals surface area (Å²) in [5, 5.41) is 8.79. The van der Waals surface area contributed by atoms with Gasteiger partial charge in [0.15, 0.2) is 22.0 Å². The Morgan fingerprint density at radius 3 is 2.10 bits per heavy atom. The number of sulfone groups is 1. The van der Waals surface area contributed by atoms with Gasteiger partial charge in [-0.2, -0.15) is 0 Å². The highest BCUT2D eigenvalue weighted by Crippen LogP contribution is 2.46. The minimum absolute atomic E-state index is 0.178. The van der Waals surface area contributed by atoms with E-state index in [2.05, 4.69) is 0 Å². The maximum absolute atomic E-state index is 13.2. The van der Waals surface area contributed by atoms with E-state index in [1.807, 2.05) is 36.4 Å². The van der Waals surface area contributed by atoms with Gasteiger partial charge in [-0.1, -0.05) is 60.7 Å². The Bertz CT molecular complexity index is 1000. The third-order valence-corrected chi connectivity index (χ3v) is 8.55. The molecule has 2 aliphatic heterocycles. The summed E-state index contributed by atoms with van der Waals surface area (Å²) >= 11 is 0. The third kappa shape index (κ3) is 2.86. The van der Waals surface area contributed by atoms with E-state index in [4.69, 9.17) is 4.74 Å². The van der Waals surface area contributed by atoms with Gasteiger partial charge in [0.25, 0.3) is 0 Å². The number of rotatable bonds is 5. The number of aliphatic hydroxyl groups excluding tert-OH is 1. The van der Waals surface area contributed by atoms with Crippen molar-refractivity contribution >= 4 is 21.7 Å².